The smallest absolute Gasteiger partial charge is 0.164 e. The molecule has 0 saturated heterocycles. The molecule has 0 atom stereocenters. The third-order valence-electron chi connectivity index (χ3n) is 1.96. The highest BCUT2D eigenvalue weighted by molar-refractivity contribution is 5.43. The summed E-state index contributed by atoms with van der Waals surface area (Å²) in [5.74, 6) is 0.357. The first-order chi connectivity index (χ1) is 7.58. The number of halogens is 1. The monoisotopic (exact) mass is 229 g/mol. The van der Waals surface area contributed by atoms with Crippen LogP contribution < -0.4 is 15.0 Å². The Balaban J connectivity index is 3.05. The molecular weight excluding hydrogens is 213 g/mol. The number of methoxy groups -OCH3 is 1. The van der Waals surface area contributed by atoms with Gasteiger partial charge in [0, 0.05) is 18.2 Å². The molecule has 1 aromatic carbocycles. The molecule has 90 valence electrons. The molecule has 1 rings (SSSR count). The highest BCUT2D eigenvalue weighted by Gasteiger charge is 2.12. The fourth-order valence-electron chi connectivity index (χ4n) is 1.30. The van der Waals surface area contributed by atoms with Gasteiger partial charge >= 0.3 is 0 Å². The molecule has 16 heavy (non-hydrogen) atoms. The zero-order valence-corrected chi connectivity index (χ0v) is 9.58. The van der Waals surface area contributed by atoms with Crippen LogP contribution in [0, 0.1) is 5.82 Å². The van der Waals surface area contributed by atoms with Crippen LogP contribution in [0.2, 0.25) is 0 Å². The number of hydrogen-bond donors (Lipinski definition) is 2. The zero-order chi connectivity index (χ0) is 12.1. The molecule has 4 nitrogen and oxygen atoms in total. The highest BCUT2D eigenvalue weighted by atomic mass is 19.1. The minimum absolute atomic E-state index is 0.0180. The number of hydroxylamine groups is 1. The highest BCUT2D eigenvalue weighted by Crippen LogP contribution is 2.30. The second kappa shape index (κ2) is 5.67. The molecule has 0 unspecified atom stereocenters. The van der Waals surface area contributed by atoms with Gasteiger partial charge in [-0.05, 0) is 19.9 Å². The van der Waals surface area contributed by atoms with E-state index in [1.807, 2.05) is 19.3 Å². The van der Waals surface area contributed by atoms with Crippen molar-refractivity contribution in [1.82, 2.24) is 5.48 Å². The number of ether oxygens (including phenoxy) is 2. The Hall–Kier alpha value is -1.33. The Kier molecular flexibility index (Phi) is 4.52. The van der Waals surface area contributed by atoms with Crippen LogP contribution in [0.5, 0.6) is 11.5 Å². The Morgan fingerprint density at radius 2 is 2.06 bits per heavy atom. The van der Waals surface area contributed by atoms with E-state index in [9.17, 15) is 4.39 Å². The fraction of sp³-hybridized carbons (Fsp3) is 0.455. The fourth-order valence-corrected chi connectivity index (χ4v) is 1.30. The summed E-state index contributed by atoms with van der Waals surface area (Å²) in [6, 6.07) is 2.75. The lowest BCUT2D eigenvalue weighted by molar-refractivity contribution is 0.159. The average molecular weight is 229 g/mol. The number of rotatable bonds is 5. The summed E-state index contributed by atoms with van der Waals surface area (Å²) in [5.41, 5.74) is 2.22. The molecule has 0 aromatic heterocycles. The van der Waals surface area contributed by atoms with Gasteiger partial charge in [0.15, 0.2) is 11.5 Å². The van der Waals surface area contributed by atoms with Gasteiger partial charge in [-0.2, -0.15) is 0 Å². The van der Waals surface area contributed by atoms with E-state index in [1.54, 1.807) is 0 Å². The number of hydrogen-bond acceptors (Lipinski definition) is 4. The van der Waals surface area contributed by atoms with Crippen molar-refractivity contribution in [2.24, 2.45) is 0 Å². The SMILES string of the molecule is COc1cc(CNO)c(F)cc1OC(C)C. The van der Waals surface area contributed by atoms with Crippen molar-refractivity contribution in [1.29, 1.82) is 0 Å². The third-order valence-corrected chi connectivity index (χ3v) is 1.96. The molecule has 0 heterocycles. The standard InChI is InChI=1S/C11H16FNO3/c1-7(2)16-11-5-9(12)8(6-13-14)4-10(11)15-3/h4-5,7,13-14H,6H2,1-3H3. The Morgan fingerprint density at radius 1 is 1.38 bits per heavy atom. The predicted octanol–water partition coefficient (Wildman–Crippen LogP) is 2.10. The second-order valence-corrected chi connectivity index (χ2v) is 3.60. The van der Waals surface area contributed by atoms with Crippen LogP contribution in [0.1, 0.15) is 19.4 Å². The molecular formula is C11H16FNO3. The Labute approximate surface area is 93.9 Å². The molecule has 0 saturated carbocycles. The first-order valence-corrected chi connectivity index (χ1v) is 4.98. The molecule has 0 spiro atoms. The molecule has 0 fully saturated rings. The van der Waals surface area contributed by atoms with Crippen LogP contribution in [-0.2, 0) is 6.54 Å². The first kappa shape index (κ1) is 12.7. The minimum atomic E-state index is -0.446. The lowest BCUT2D eigenvalue weighted by Crippen LogP contribution is -2.10. The zero-order valence-electron chi connectivity index (χ0n) is 9.58. The third kappa shape index (κ3) is 3.08. The molecule has 0 radical (unpaired) electrons. The van der Waals surface area contributed by atoms with E-state index in [-0.39, 0.29) is 12.6 Å². The first-order valence-electron chi connectivity index (χ1n) is 4.98. The molecule has 0 bridgehead atoms. The number of nitrogens with one attached hydrogen (secondary N) is 1. The predicted molar refractivity (Wildman–Crippen MR) is 57.3 cm³/mol. The summed E-state index contributed by atoms with van der Waals surface area (Å²) >= 11 is 0. The molecule has 1 aromatic rings. The van der Waals surface area contributed by atoms with Crippen molar-refractivity contribution < 1.29 is 19.1 Å². The van der Waals surface area contributed by atoms with E-state index in [4.69, 9.17) is 14.7 Å². The van der Waals surface area contributed by atoms with E-state index in [1.165, 1.54) is 19.2 Å². The van der Waals surface area contributed by atoms with Crippen LogP contribution in [-0.4, -0.2) is 18.4 Å². The second-order valence-electron chi connectivity index (χ2n) is 3.60. The van der Waals surface area contributed by atoms with Gasteiger partial charge in [0.25, 0.3) is 0 Å². The molecule has 0 aliphatic rings. The maximum Gasteiger partial charge on any atom is 0.164 e. The van der Waals surface area contributed by atoms with Gasteiger partial charge in [-0.15, -0.1) is 0 Å². The van der Waals surface area contributed by atoms with E-state index in [2.05, 4.69) is 0 Å². The van der Waals surface area contributed by atoms with Crippen molar-refractivity contribution in [2.45, 2.75) is 26.5 Å². The Bertz CT molecular complexity index is 355. The van der Waals surface area contributed by atoms with Gasteiger partial charge in [-0.25, -0.2) is 9.87 Å². The number of benzene rings is 1. The van der Waals surface area contributed by atoms with Crippen molar-refractivity contribution in [3.63, 3.8) is 0 Å². The molecule has 2 N–H and O–H groups in total. The van der Waals surface area contributed by atoms with Gasteiger partial charge in [-0.1, -0.05) is 0 Å². The summed E-state index contributed by atoms with van der Waals surface area (Å²) in [4.78, 5) is 0. The average Bonchev–Trinajstić information content (AvgIpc) is 2.21. The molecule has 0 amide bonds. The summed E-state index contributed by atoms with van der Waals surface area (Å²) in [6.07, 6.45) is -0.0601. The topological polar surface area (TPSA) is 50.7 Å². The molecule has 0 aliphatic carbocycles. The van der Waals surface area contributed by atoms with Gasteiger partial charge in [0.05, 0.1) is 13.2 Å². The van der Waals surface area contributed by atoms with E-state index in [0.29, 0.717) is 17.1 Å². The van der Waals surface area contributed by atoms with Gasteiger partial charge < -0.3 is 14.7 Å². The molecule has 0 aliphatic heterocycles. The van der Waals surface area contributed by atoms with Gasteiger partial charge in [0.2, 0.25) is 0 Å². The van der Waals surface area contributed by atoms with E-state index >= 15 is 0 Å². The van der Waals surface area contributed by atoms with E-state index in [0.717, 1.165) is 0 Å². The summed E-state index contributed by atoms with van der Waals surface area (Å²) in [5, 5.41) is 8.53. The van der Waals surface area contributed by atoms with Crippen LogP contribution in [0.15, 0.2) is 12.1 Å². The van der Waals surface area contributed by atoms with Gasteiger partial charge in [0.1, 0.15) is 5.82 Å². The lowest BCUT2D eigenvalue weighted by Gasteiger charge is -2.15. The normalized spacial score (nSPS) is 10.6. The quantitative estimate of drug-likeness (QED) is 0.759. The van der Waals surface area contributed by atoms with Crippen LogP contribution in [0.3, 0.4) is 0 Å². The van der Waals surface area contributed by atoms with Crippen molar-refractivity contribution >= 4 is 0 Å². The minimum Gasteiger partial charge on any atom is -0.493 e. The summed E-state index contributed by atoms with van der Waals surface area (Å²) in [7, 11) is 1.48. The maximum absolute atomic E-state index is 13.5. The van der Waals surface area contributed by atoms with E-state index < -0.39 is 5.82 Å². The van der Waals surface area contributed by atoms with Crippen molar-refractivity contribution in [2.75, 3.05) is 7.11 Å². The largest absolute Gasteiger partial charge is 0.493 e. The van der Waals surface area contributed by atoms with Gasteiger partial charge in [-0.3, -0.25) is 0 Å². The summed E-state index contributed by atoms with van der Waals surface area (Å²) in [6.45, 7) is 3.71. The molecule has 5 heteroatoms. The van der Waals surface area contributed by atoms with Crippen LogP contribution in [0.4, 0.5) is 4.39 Å². The van der Waals surface area contributed by atoms with Crippen LogP contribution >= 0.6 is 0 Å². The lowest BCUT2D eigenvalue weighted by atomic mass is 10.2. The maximum atomic E-state index is 13.5. The Morgan fingerprint density at radius 3 is 2.56 bits per heavy atom. The van der Waals surface area contributed by atoms with Crippen LogP contribution in [0.25, 0.3) is 0 Å². The van der Waals surface area contributed by atoms with Crippen molar-refractivity contribution in [3.8, 4) is 11.5 Å². The summed E-state index contributed by atoms with van der Waals surface area (Å²) < 4.78 is 24.0. The van der Waals surface area contributed by atoms with Crippen molar-refractivity contribution in [3.05, 3.63) is 23.5 Å².